The fourth-order valence-corrected chi connectivity index (χ4v) is 2.62. The third-order valence-electron chi connectivity index (χ3n) is 3.63. The Morgan fingerprint density at radius 1 is 1.19 bits per heavy atom. The average Bonchev–Trinajstić information content (AvgIpc) is 3.11. The number of hydrogen-bond acceptors (Lipinski definition) is 2. The molecule has 1 aromatic carbocycles. The normalized spacial score (nSPS) is 33.6. The maximum Gasteiger partial charge on any atom is 0.0619 e. The van der Waals surface area contributed by atoms with Crippen LogP contribution in [0.25, 0.3) is 0 Å². The highest BCUT2D eigenvalue weighted by Crippen LogP contribution is 2.41. The highest BCUT2D eigenvalue weighted by atomic mass is 16.5. The van der Waals surface area contributed by atoms with E-state index in [2.05, 4.69) is 35.6 Å². The molecule has 2 aliphatic rings. The van der Waals surface area contributed by atoms with Crippen LogP contribution < -0.4 is 5.32 Å². The van der Waals surface area contributed by atoms with Crippen molar-refractivity contribution in [3.05, 3.63) is 35.9 Å². The van der Waals surface area contributed by atoms with Crippen LogP contribution in [0.4, 0.5) is 0 Å². The van der Waals surface area contributed by atoms with Crippen molar-refractivity contribution in [2.45, 2.75) is 37.3 Å². The van der Waals surface area contributed by atoms with Crippen molar-refractivity contribution in [2.24, 2.45) is 0 Å². The van der Waals surface area contributed by atoms with Crippen LogP contribution in [0.5, 0.6) is 0 Å². The molecule has 2 fully saturated rings. The van der Waals surface area contributed by atoms with Gasteiger partial charge in [0.25, 0.3) is 0 Å². The monoisotopic (exact) mass is 217 g/mol. The molecule has 0 bridgehead atoms. The van der Waals surface area contributed by atoms with Crippen LogP contribution in [0.1, 0.15) is 30.7 Å². The standard InChI is InChI=1S/C14H19NO/c1-2-5-11(6-3-1)13-9-14(13)15-12-7-4-8-16-10-12/h1-3,5-6,12-15H,4,7-10H2. The molecular formula is C14H19NO. The van der Waals surface area contributed by atoms with E-state index in [4.69, 9.17) is 4.74 Å². The van der Waals surface area contributed by atoms with Crippen molar-refractivity contribution in [2.75, 3.05) is 13.2 Å². The fourth-order valence-electron chi connectivity index (χ4n) is 2.62. The molecule has 1 N–H and O–H groups in total. The quantitative estimate of drug-likeness (QED) is 0.839. The molecule has 1 heterocycles. The van der Waals surface area contributed by atoms with Gasteiger partial charge in [0, 0.05) is 24.6 Å². The molecule has 1 aliphatic heterocycles. The van der Waals surface area contributed by atoms with Crippen LogP contribution in [0.15, 0.2) is 30.3 Å². The van der Waals surface area contributed by atoms with Gasteiger partial charge < -0.3 is 10.1 Å². The lowest BCUT2D eigenvalue weighted by Crippen LogP contribution is -2.38. The first-order chi connectivity index (χ1) is 7.93. The second kappa shape index (κ2) is 4.56. The van der Waals surface area contributed by atoms with Gasteiger partial charge in [-0.15, -0.1) is 0 Å². The minimum Gasteiger partial charge on any atom is -0.380 e. The summed E-state index contributed by atoms with van der Waals surface area (Å²) in [5, 5.41) is 3.72. The summed E-state index contributed by atoms with van der Waals surface area (Å²) < 4.78 is 5.49. The molecule has 86 valence electrons. The van der Waals surface area contributed by atoms with E-state index < -0.39 is 0 Å². The maximum atomic E-state index is 5.49. The summed E-state index contributed by atoms with van der Waals surface area (Å²) in [6, 6.07) is 12.1. The van der Waals surface area contributed by atoms with Gasteiger partial charge in [-0.25, -0.2) is 0 Å². The van der Waals surface area contributed by atoms with Crippen molar-refractivity contribution < 1.29 is 4.74 Å². The van der Waals surface area contributed by atoms with Gasteiger partial charge in [0.05, 0.1) is 6.61 Å². The lowest BCUT2D eigenvalue weighted by molar-refractivity contribution is 0.0697. The molecular weight excluding hydrogens is 198 g/mol. The predicted octanol–water partition coefficient (Wildman–Crippen LogP) is 2.31. The van der Waals surface area contributed by atoms with Crippen LogP contribution in [0.3, 0.4) is 0 Å². The number of ether oxygens (including phenoxy) is 1. The molecule has 1 aromatic rings. The third kappa shape index (κ3) is 2.28. The SMILES string of the molecule is c1ccc(C2CC2NC2CCCOC2)cc1. The molecule has 16 heavy (non-hydrogen) atoms. The lowest BCUT2D eigenvalue weighted by atomic mass is 10.1. The van der Waals surface area contributed by atoms with Crippen LogP contribution in [-0.4, -0.2) is 25.3 Å². The van der Waals surface area contributed by atoms with Crippen molar-refractivity contribution >= 4 is 0 Å². The van der Waals surface area contributed by atoms with Crippen LogP contribution in [-0.2, 0) is 4.74 Å². The topological polar surface area (TPSA) is 21.3 Å². The maximum absolute atomic E-state index is 5.49. The Hall–Kier alpha value is -0.860. The second-order valence-corrected chi connectivity index (χ2v) is 4.94. The van der Waals surface area contributed by atoms with E-state index >= 15 is 0 Å². The summed E-state index contributed by atoms with van der Waals surface area (Å²) in [7, 11) is 0. The molecule has 3 atom stereocenters. The van der Waals surface area contributed by atoms with Crippen LogP contribution >= 0.6 is 0 Å². The molecule has 2 heteroatoms. The summed E-state index contributed by atoms with van der Waals surface area (Å²) in [6.07, 6.45) is 3.78. The summed E-state index contributed by atoms with van der Waals surface area (Å²) in [5.74, 6) is 0.739. The number of benzene rings is 1. The molecule has 0 spiro atoms. The lowest BCUT2D eigenvalue weighted by Gasteiger charge is -2.23. The fraction of sp³-hybridized carbons (Fsp3) is 0.571. The van der Waals surface area contributed by atoms with E-state index in [0.29, 0.717) is 12.1 Å². The molecule has 1 aliphatic carbocycles. The number of rotatable bonds is 3. The largest absolute Gasteiger partial charge is 0.380 e. The molecule has 0 amide bonds. The average molecular weight is 217 g/mol. The highest BCUT2D eigenvalue weighted by molar-refractivity contribution is 5.27. The van der Waals surface area contributed by atoms with Gasteiger partial charge in [-0.1, -0.05) is 30.3 Å². The Labute approximate surface area is 97.0 Å². The second-order valence-electron chi connectivity index (χ2n) is 4.94. The summed E-state index contributed by atoms with van der Waals surface area (Å²) in [5.41, 5.74) is 1.48. The van der Waals surface area contributed by atoms with E-state index in [9.17, 15) is 0 Å². The van der Waals surface area contributed by atoms with Crippen molar-refractivity contribution in [3.63, 3.8) is 0 Å². The molecule has 3 rings (SSSR count). The van der Waals surface area contributed by atoms with Gasteiger partial charge in [0.2, 0.25) is 0 Å². The smallest absolute Gasteiger partial charge is 0.0619 e. The molecule has 3 unspecified atom stereocenters. The molecule has 0 aromatic heterocycles. The van der Waals surface area contributed by atoms with E-state index in [-0.39, 0.29) is 0 Å². The van der Waals surface area contributed by atoms with Gasteiger partial charge in [-0.05, 0) is 24.8 Å². The first-order valence-corrected chi connectivity index (χ1v) is 6.32. The first kappa shape index (κ1) is 10.3. The minimum atomic E-state index is 0.590. The Balaban J connectivity index is 1.52. The van der Waals surface area contributed by atoms with Gasteiger partial charge in [0.15, 0.2) is 0 Å². The zero-order valence-electron chi connectivity index (χ0n) is 9.56. The minimum absolute atomic E-state index is 0.590. The van der Waals surface area contributed by atoms with Crippen molar-refractivity contribution in [1.29, 1.82) is 0 Å². The summed E-state index contributed by atoms with van der Waals surface area (Å²) >= 11 is 0. The first-order valence-electron chi connectivity index (χ1n) is 6.32. The Kier molecular flexibility index (Phi) is 2.94. The summed E-state index contributed by atoms with van der Waals surface area (Å²) in [4.78, 5) is 0. The summed E-state index contributed by atoms with van der Waals surface area (Å²) in [6.45, 7) is 1.85. The van der Waals surface area contributed by atoms with E-state index in [1.54, 1.807) is 0 Å². The van der Waals surface area contributed by atoms with E-state index in [1.807, 2.05) is 0 Å². The van der Waals surface area contributed by atoms with Gasteiger partial charge in [0.1, 0.15) is 0 Å². The van der Waals surface area contributed by atoms with Crippen molar-refractivity contribution in [3.8, 4) is 0 Å². The van der Waals surface area contributed by atoms with Gasteiger partial charge >= 0.3 is 0 Å². The predicted molar refractivity (Wildman–Crippen MR) is 64.6 cm³/mol. The molecule has 2 nitrogen and oxygen atoms in total. The van der Waals surface area contributed by atoms with Crippen molar-refractivity contribution in [1.82, 2.24) is 5.32 Å². The number of hydrogen-bond donors (Lipinski definition) is 1. The zero-order chi connectivity index (χ0) is 10.8. The van der Waals surface area contributed by atoms with Crippen LogP contribution in [0, 0.1) is 0 Å². The molecule has 0 radical (unpaired) electrons. The Morgan fingerprint density at radius 2 is 2.06 bits per heavy atom. The highest BCUT2D eigenvalue weighted by Gasteiger charge is 2.39. The van der Waals surface area contributed by atoms with Gasteiger partial charge in [-0.3, -0.25) is 0 Å². The van der Waals surface area contributed by atoms with Crippen LogP contribution in [0.2, 0.25) is 0 Å². The Bertz CT molecular complexity index is 332. The van der Waals surface area contributed by atoms with E-state index in [0.717, 1.165) is 19.1 Å². The van der Waals surface area contributed by atoms with Gasteiger partial charge in [-0.2, -0.15) is 0 Å². The third-order valence-corrected chi connectivity index (χ3v) is 3.63. The van der Waals surface area contributed by atoms with E-state index in [1.165, 1.54) is 24.8 Å². The number of nitrogens with one attached hydrogen (secondary N) is 1. The molecule has 1 saturated heterocycles. The Morgan fingerprint density at radius 3 is 2.81 bits per heavy atom. The zero-order valence-corrected chi connectivity index (χ0v) is 9.56. The molecule has 1 saturated carbocycles.